The summed E-state index contributed by atoms with van der Waals surface area (Å²) in [5, 5.41) is 12.5. The third-order valence-corrected chi connectivity index (χ3v) is 2.08. The Morgan fingerprint density at radius 2 is 2.53 bits per heavy atom. The fourth-order valence-electron chi connectivity index (χ4n) is 1.36. The van der Waals surface area contributed by atoms with Crippen molar-refractivity contribution in [3.8, 4) is 0 Å². The molecule has 0 spiro atoms. The van der Waals surface area contributed by atoms with Crippen molar-refractivity contribution in [3.05, 3.63) is 28.4 Å². The molecule has 0 saturated heterocycles. The van der Waals surface area contributed by atoms with Crippen LogP contribution in [0.15, 0.2) is 21.5 Å². The van der Waals surface area contributed by atoms with Gasteiger partial charge in [-0.1, -0.05) is 0 Å². The maximum Gasteiger partial charge on any atom is 0.418 e. The number of oxazole rings is 1. The lowest BCUT2D eigenvalue weighted by Crippen LogP contribution is -2.16. The molecule has 6 nitrogen and oxygen atoms in total. The Labute approximate surface area is 84.9 Å². The van der Waals surface area contributed by atoms with E-state index in [2.05, 4.69) is 15.3 Å². The van der Waals surface area contributed by atoms with Gasteiger partial charge in [0.15, 0.2) is 0 Å². The van der Waals surface area contributed by atoms with E-state index >= 15 is 0 Å². The molecule has 0 radical (unpaired) electrons. The van der Waals surface area contributed by atoms with Crippen LogP contribution in [-0.2, 0) is 0 Å². The van der Waals surface area contributed by atoms with E-state index in [-0.39, 0.29) is 5.71 Å². The van der Waals surface area contributed by atoms with Crippen molar-refractivity contribution in [2.45, 2.75) is 6.10 Å². The molecule has 2 aromatic rings. The van der Waals surface area contributed by atoms with Crippen molar-refractivity contribution < 1.29 is 9.52 Å². The van der Waals surface area contributed by atoms with Crippen LogP contribution in [0.3, 0.4) is 0 Å². The molecule has 2 aromatic heterocycles. The van der Waals surface area contributed by atoms with Gasteiger partial charge in [0.25, 0.3) is 0 Å². The van der Waals surface area contributed by atoms with Gasteiger partial charge in [-0.05, 0) is 13.1 Å². The van der Waals surface area contributed by atoms with Crippen LogP contribution in [0.1, 0.15) is 11.7 Å². The van der Waals surface area contributed by atoms with E-state index in [9.17, 15) is 9.90 Å². The molecule has 1 unspecified atom stereocenters. The minimum Gasteiger partial charge on any atom is -0.389 e. The highest BCUT2D eigenvalue weighted by atomic mass is 16.4. The zero-order chi connectivity index (χ0) is 10.8. The second kappa shape index (κ2) is 3.84. The van der Waals surface area contributed by atoms with Gasteiger partial charge in [-0.25, -0.2) is 9.78 Å². The van der Waals surface area contributed by atoms with E-state index in [1.165, 1.54) is 6.20 Å². The summed E-state index contributed by atoms with van der Waals surface area (Å²) in [7, 11) is 1.74. The van der Waals surface area contributed by atoms with Crippen molar-refractivity contribution in [1.82, 2.24) is 15.3 Å². The minimum atomic E-state index is -0.648. The number of rotatable bonds is 3. The van der Waals surface area contributed by atoms with Crippen LogP contribution >= 0.6 is 0 Å². The zero-order valence-corrected chi connectivity index (χ0v) is 8.15. The van der Waals surface area contributed by atoms with Crippen molar-refractivity contribution >= 4 is 11.2 Å². The molecule has 0 bridgehead atoms. The highest BCUT2D eigenvalue weighted by Gasteiger charge is 2.09. The average Bonchev–Trinajstić information content (AvgIpc) is 2.57. The van der Waals surface area contributed by atoms with Crippen LogP contribution in [0.4, 0.5) is 0 Å². The molecule has 1 atom stereocenters. The second-order valence-corrected chi connectivity index (χ2v) is 3.21. The molecule has 2 rings (SSSR count). The summed E-state index contributed by atoms with van der Waals surface area (Å²) in [5.74, 6) is -0.544. The van der Waals surface area contributed by atoms with E-state index in [0.29, 0.717) is 17.6 Å². The lowest BCUT2D eigenvalue weighted by molar-refractivity contribution is 0.177. The first-order chi connectivity index (χ1) is 7.20. The summed E-state index contributed by atoms with van der Waals surface area (Å²) in [5.41, 5.74) is 1.38. The average molecular weight is 209 g/mol. The number of fused-ring (bicyclic) bond motifs is 1. The summed E-state index contributed by atoms with van der Waals surface area (Å²) >= 11 is 0. The van der Waals surface area contributed by atoms with E-state index in [1.54, 1.807) is 13.1 Å². The molecule has 2 heterocycles. The van der Waals surface area contributed by atoms with E-state index in [1.807, 2.05) is 0 Å². The fourth-order valence-corrected chi connectivity index (χ4v) is 1.36. The summed E-state index contributed by atoms with van der Waals surface area (Å²) in [4.78, 5) is 17.3. The number of likely N-dealkylation sites (N-methyl/N-ethyl adjacent to an activating group) is 1. The highest BCUT2D eigenvalue weighted by molar-refractivity contribution is 5.67. The molecule has 3 N–H and O–H groups in total. The molecule has 0 amide bonds. The maximum atomic E-state index is 10.9. The molecule has 0 aliphatic carbocycles. The Balaban J connectivity index is 2.41. The highest BCUT2D eigenvalue weighted by Crippen LogP contribution is 2.15. The fraction of sp³-hybridized carbons (Fsp3) is 0.333. The van der Waals surface area contributed by atoms with E-state index in [4.69, 9.17) is 4.42 Å². The van der Waals surface area contributed by atoms with Crippen LogP contribution in [0.2, 0.25) is 0 Å². The summed E-state index contributed by atoms with van der Waals surface area (Å²) in [6, 6.07) is 1.65. The van der Waals surface area contributed by atoms with Gasteiger partial charge in [0, 0.05) is 18.3 Å². The predicted molar refractivity (Wildman–Crippen MR) is 53.5 cm³/mol. The largest absolute Gasteiger partial charge is 0.418 e. The van der Waals surface area contributed by atoms with Gasteiger partial charge in [0.2, 0.25) is 5.71 Å². The lowest BCUT2D eigenvalue weighted by Gasteiger charge is -2.08. The molecule has 0 fully saturated rings. The Morgan fingerprint density at radius 1 is 1.73 bits per heavy atom. The number of H-pyrrole nitrogens is 1. The molecular formula is C9H11N3O3. The number of aromatic nitrogens is 2. The smallest absolute Gasteiger partial charge is 0.389 e. The molecule has 0 aromatic carbocycles. The molecule has 15 heavy (non-hydrogen) atoms. The summed E-state index contributed by atoms with van der Waals surface area (Å²) in [6.45, 7) is 0.426. The Morgan fingerprint density at radius 3 is 3.27 bits per heavy atom. The first-order valence-electron chi connectivity index (χ1n) is 4.52. The van der Waals surface area contributed by atoms with Gasteiger partial charge in [-0.15, -0.1) is 0 Å². The van der Waals surface area contributed by atoms with Crippen LogP contribution in [0.25, 0.3) is 11.2 Å². The van der Waals surface area contributed by atoms with Crippen molar-refractivity contribution in [3.63, 3.8) is 0 Å². The third kappa shape index (κ3) is 1.90. The quantitative estimate of drug-likeness (QED) is 0.649. The molecule has 80 valence electrons. The predicted octanol–water partition coefficient (Wildman–Crippen LogP) is -0.231. The minimum absolute atomic E-state index is 0.250. The van der Waals surface area contributed by atoms with Crippen molar-refractivity contribution in [2.24, 2.45) is 0 Å². The number of hydrogen-bond acceptors (Lipinski definition) is 5. The van der Waals surface area contributed by atoms with E-state index < -0.39 is 11.9 Å². The first kappa shape index (κ1) is 9.88. The lowest BCUT2D eigenvalue weighted by atomic mass is 10.1. The molecular weight excluding hydrogens is 198 g/mol. The van der Waals surface area contributed by atoms with E-state index in [0.717, 1.165) is 0 Å². The van der Waals surface area contributed by atoms with Crippen LogP contribution < -0.4 is 11.1 Å². The number of pyridine rings is 1. The number of nitrogens with zero attached hydrogens (tertiary/aromatic N) is 1. The molecule has 0 aliphatic rings. The number of nitrogens with one attached hydrogen (secondary N) is 2. The van der Waals surface area contributed by atoms with Gasteiger partial charge in [0.1, 0.15) is 5.52 Å². The molecule has 0 saturated carbocycles. The Bertz CT molecular complexity index is 517. The topological polar surface area (TPSA) is 91.2 Å². The normalized spacial score (nSPS) is 13.2. The standard InChI is InChI=1S/C9H11N3O3/c1-10-4-7(13)5-2-6-8(11-3-5)15-9(14)12-6/h2-3,7,10,13H,4H2,1H3,(H,12,14). The number of aliphatic hydroxyl groups is 1. The first-order valence-corrected chi connectivity index (χ1v) is 4.52. The summed E-state index contributed by atoms with van der Waals surface area (Å²) < 4.78 is 4.74. The van der Waals surface area contributed by atoms with Crippen molar-refractivity contribution in [2.75, 3.05) is 13.6 Å². The van der Waals surface area contributed by atoms with Gasteiger partial charge >= 0.3 is 5.76 Å². The van der Waals surface area contributed by atoms with Crippen LogP contribution in [-0.4, -0.2) is 28.7 Å². The molecule has 6 heteroatoms. The molecule has 0 aliphatic heterocycles. The van der Waals surface area contributed by atoms with Gasteiger partial charge in [0.05, 0.1) is 6.10 Å². The Kier molecular flexibility index (Phi) is 2.53. The number of aliphatic hydroxyl groups excluding tert-OH is 1. The number of aromatic amines is 1. The third-order valence-electron chi connectivity index (χ3n) is 2.08. The Hall–Kier alpha value is -1.66. The zero-order valence-electron chi connectivity index (χ0n) is 8.15. The van der Waals surface area contributed by atoms with Gasteiger partial charge < -0.3 is 14.8 Å². The number of hydrogen-bond donors (Lipinski definition) is 3. The second-order valence-electron chi connectivity index (χ2n) is 3.21. The summed E-state index contributed by atoms with van der Waals surface area (Å²) in [6.07, 6.45) is 0.839. The van der Waals surface area contributed by atoms with Crippen LogP contribution in [0.5, 0.6) is 0 Å². The SMILES string of the molecule is CNCC(O)c1cnc2oc(=O)[nH]c2c1. The van der Waals surface area contributed by atoms with Crippen molar-refractivity contribution in [1.29, 1.82) is 0 Å². The van der Waals surface area contributed by atoms with Crippen LogP contribution in [0, 0.1) is 0 Å². The van der Waals surface area contributed by atoms with Gasteiger partial charge in [-0.2, -0.15) is 0 Å². The van der Waals surface area contributed by atoms with Gasteiger partial charge in [-0.3, -0.25) is 4.98 Å². The maximum absolute atomic E-state index is 10.9. The monoisotopic (exact) mass is 209 g/mol.